The van der Waals surface area contributed by atoms with Gasteiger partial charge in [-0.3, -0.25) is 0 Å². The van der Waals surface area contributed by atoms with E-state index in [1.807, 2.05) is 36.4 Å². The van der Waals surface area contributed by atoms with Crippen LogP contribution in [0.25, 0.3) is 228 Å². The molecule has 25 rings (SSSR count). The lowest BCUT2D eigenvalue weighted by atomic mass is 9.97. The molecule has 7 nitrogen and oxygen atoms in total. The average Bonchev–Trinajstić information content (AvgIpc) is 1.61. The lowest BCUT2D eigenvalue weighted by molar-refractivity contribution is 1.17. The zero-order chi connectivity index (χ0) is 89.8. The van der Waals surface area contributed by atoms with E-state index in [4.69, 9.17) is 19.9 Å². The van der Waals surface area contributed by atoms with E-state index < -0.39 is 0 Å². The first-order chi connectivity index (χ1) is 66.9. The Hall–Kier alpha value is -18.0. The minimum absolute atomic E-state index is 0.715. The number of fused-ring (bicyclic) bond motifs is 9. The summed E-state index contributed by atoms with van der Waals surface area (Å²) in [5, 5.41) is 7.59. The maximum absolute atomic E-state index is 5.23. The number of hydrogen-bond acceptors (Lipinski definition) is 4. The SMILES string of the molecule is c1ccc(-c2ccc(-c3cc(-c4ccc(-n5c6ccccc6c6ccccc65)cc4)cc(-c4ccc(-c5ccccc5)cc4)n3)cc2)cc1.c1ccc(-c2ccc(-c3cc(-c4ccc(-n5c6ccccc6c6ccccc65)cc4)cc(-c4ccccc4)n3)cc2)cc1.c1ccc(-c2ccc(-c3cc(-c4ccc(-n5c6ccccc6c6ccccc65)cc4)nc(-c4ccccc4)n3)cc2)cc1. The molecule has 0 bridgehead atoms. The summed E-state index contributed by atoms with van der Waals surface area (Å²) in [5.41, 5.74) is 37.9. The van der Waals surface area contributed by atoms with Crippen molar-refractivity contribution in [2.24, 2.45) is 0 Å². The first-order valence-corrected chi connectivity index (χ1v) is 45.9. The predicted molar refractivity (Wildman–Crippen MR) is 564 cm³/mol. The zero-order valence-electron chi connectivity index (χ0n) is 73.9. The Kier molecular flexibility index (Phi) is 22.0. The van der Waals surface area contributed by atoms with Gasteiger partial charge >= 0.3 is 0 Å². The number of benzene rings is 19. The van der Waals surface area contributed by atoms with Crippen LogP contribution < -0.4 is 0 Å². The van der Waals surface area contributed by atoms with Crippen LogP contribution in [0.4, 0.5) is 0 Å². The standard InChI is InChI=1S/C47H32N2.C41H28N2.C40H27N3/c1-3-11-33(12-4-1)35-19-23-38(24-20-35)44-31-40(32-45(48-44)39-25-21-36(22-26-39)34-13-5-2-6-14-34)37-27-29-41(30-28-37)49-46-17-9-7-15-42(46)43-16-8-10-18-47(43)49;1-3-11-29(12-4-1)30-19-21-33(22-20-30)39-28-34(27-38(42-39)32-13-5-2-6-14-32)31-23-25-35(26-24-31)43-40-17-9-7-15-36(40)37-16-8-10-18-41(37)43;1-3-11-28(12-4-1)29-19-21-30(22-20-29)36-27-37(42-40(41-36)32-13-5-2-6-14-32)31-23-25-33(26-24-31)43-38-17-9-7-15-34(38)35-16-8-10-18-39(35)43/h1-32H;1-28H;1-27H. The molecule has 0 aliphatic carbocycles. The molecule has 7 heteroatoms. The Morgan fingerprint density at radius 1 is 0.111 bits per heavy atom. The summed E-state index contributed by atoms with van der Waals surface area (Å²) >= 11 is 0. The summed E-state index contributed by atoms with van der Waals surface area (Å²) in [6.07, 6.45) is 0. The first-order valence-electron chi connectivity index (χ1n) is 45.9. The number of nitrogens with zero attached hydrogens (tertiary/aromatic N) is 7. The van der Waals surface area contributed by atoms with Gasteiger partial charge in [-0.15, -0.1) is 0 Å². The van der Waals surface area contributed by atoms with Gasteiger partial charge in [-0.2, -0.15) is 0 Å². The molecule has 0 saturated carbocycles. The molecule has 0 saturated heterocycles. The van der Waals surface area contributed by atoms with Crippen molar-refractivity contribution in [2.75, 3.05) is 0 Å². The largest absolute Gasteiger partial charge is 0.309 e. The first kappa shape index (κ1) is 81.4. The minimum Gasteiger partial charge on any atom is -0.309 e. The third-order valence-corrected chi connectivity index (χ3v) is 25.7. The molecule has 634 valence electrons. The van der Waals surface area contributed by atoms with Gasteiger partial charge in [0.25, 0.3) is 0 Å². The molecule has 0 fully saturated rings. The van der Waals surface area contributed by atoms with Crippen LogP contribution in [0.5, 0.6) is 0 Å². The van der Waals surface area contributed by atoms with Crippen LogP contribution in [-0.4, -0.2) is 33.6 Å². The maximum Gasteiger partial charge on any atom is 0.160 e. The van der Waals surface area contributed by atoms with Crippen LogP contribution in [0.2, 0.25) is 0 Å². The number of hydrogen-bond donors (Lipinski definition) is 0. The van der Waals surface area contributed by atoms with Gasteiger partial charge in [0, 0.05) is 88.3 Å². The average molecular weight is 1720 g/mol. The quantitative estimate of drug-likeness (QED) is 0.0967. The van der Waals surface area contributed by atoms with E-state index >= 15 is 0 Å². The van der Waals surface area contributed by atoms with Crippen molar-refractivity contribution in [1.82, 2.24) is 33.6 Å². The molecule has 135 heavy (non-hydrogen) atoms. The molecule has 0 aliphatic rings. The number of aromatic nitrogens is 7. The van der Waals surface area contributed by atoms with Crippen LogP contribution in [0, 0.1) is 0 Å². The lowest BCUT2D eigenvalue weighted by Crippen LogP contribution is -1.97. The van der Waals surface area contributed by atoms with Gasteiger partial charge in [-0.25, -0.2) is 19.9 Å². The van der Waals surface area contributed by atoms with E-state index in [1.165, 1.54) is 110 Å². The number of para-hydroxylation sites is 6. The maximum atomic E-state index is 5.23. The smallest absolute Gasteiger partial charge is 0.160 e. The van der Waals surface area contributed by atoms with Crippen LogP contribution in [0.1, 0.15) is 0 Å². The highest BCUT2D eigenvalue weighted by Gasteiger charge is 2.20. The Bertz CT molecular complexity index is 7950. The van der Waals surface area contributed by atoms with Gasteiger partial charge in [0.1, 0.15) is 0 Å². The molecule has 0 aliphatic heterocycles. The third kappa shape index (κ3) is 16.5. The van der Waals surface area contributed by atoms with Crippen molar-refractivity contribution >= 4 is 65.4 Å². The third-order valence-electron chi connectivity index (χ3n) is 25.7. The van der Waals surface area contributed by atoms with Gasteiger partial charge in [0.15, 0.2) is 5.82 Å². The Morgan fingerprint density at radius 3 is 0.504 bits per heavy atom. The van der Waals surface area contributed by atoms with Crippen LogP contribution in [0.15, 0.2) is 528 Å². The zero-order valence-corrected chi connectivity index (χ0v) is 73.9. The van der Waals surface area contributed by atoms with Gasteiger partial charge in [-0.05, 0) is 170 Å². The number of pyridine rings is 2. The summed E-state index contributed by atoms with van der Waals surface area (Å²) in [7, 11) is 0. The second-order valence-electron chi connectivity index (χ2n) is 34.0. The van der Waals surface area contributed by atoms with E-state index in [2.05, 4.69) is 505 Å². The van der Waals surface area contributed by atoms with E-state index in [-0.39, 0.29) is 0 Å². The van der Waals surface area contributed by atoms with E-state index in [1.54, 1.807) is 0 Å². The van der Waals surface area contributed by atoms with Crippen LogP contribution in [0.3, 0.4) is 0 Å². The Morgan fingerprint density at radius 2 is 0.267 bits per heavy atom. The normalized spacial score (nSPS) is 11.3. The van der Waals surface area contributed by atoms with Crippen LogP contribution in [-0.2, 0) is 0 Å². The van der Waals surface area contributed by atoms with Gasteiger partial charge in [-0.1, -0.05) is 425 Å². The van der Waals surface area contributed by atoms with E-state index in [9.17, 15) is 0 Å². The van der Waals surface area contributed by atoms with Crippen molar-refractivity contribution in [3.63, 3.8) is 0 Å². The predicted octanol–water partition coefficient (Wildman–Crippen LogP) is 33.6. The highest BCUT2D eigenvalue weighted by molar-refractivity contribution is 6.11. The Balaban J connectivity index is 0.000000114. The highest BCUT2D eigenvalue weighted by Crippen LogP contribution is 2.42. The van der Waals surface area contributed by atoms with E-state index in [0.29, 0.717) is 5.82 Å². The molecule has 0 amide bonds. The summed E-state index contributed by atoms with van der Waals surface area (Å²) in [6, 6.07) is 187. The minimum atomic E-state index is 0.715. The number of rotatable bonds is 16. The lowest BCUT2D eigenvalue weighted by Gasteiger charge is -2.13. The monoisotopic (exact) mass is 1720 g/mol. The molecule has 6 heterocycles. The molecular weight excluding hydrogens is 1640 g/mol. The fourth-order valence-corrected chi connectivity index (χ4v) is 18.9. The molecule has 0 radical (unpaired) electrons. The highest BCUT2D eigenvalue weighted by atomic mass is 15.0. The summed E-state index contributed by atoms with van der Waals surface area (Å²) in [6.45, 7) is 0. The second kappa shape index (κ2) is 36.5. The van der Waals surface area contributed by atoms with Crippen LogP contribution >= 0.6 is 0 Å². The molecule has 0 N–H and O–H groups in total. The Labute approximate surface area is 784 Å². The molecule has 6 aromatic heterocycles. The van der Waals surface area contributed by atoms with Crippen molar-refractivity contribution < 1.29 is 0 Å². The molecule has 0 atom stereocenters. The fraction of sp³-hybridized carbons (Fsp3) is 0. The molecule has 19 aromatic carbocycles. The van der Waals surface area contributed by atoms with Crippen molar-refractivity contribution in [2.45, 2.75) is 0 Å². The van der Waals surface area contributed by atoms with Gasteiger partial charge in [0.05, 0.1) is 67.3 Å². The summed E-state index contributed by atoms with van der Waals surface area (Å²) in [4.78, 5) is 20.4. The molecule has 0 spiro atoms. The molecular formula is C128H87N7. The second-order valence-corrected chi connectivity index (χ2v) is 34.0. The van der Waals surface area contributed by atoms with E-state index in [0.717, 1.165) is 112 Å². The van der Waals surface area contributed by atoms with Gasteiger partial charge < -0.3 is 13.7 Å². The summed E-state index contributed by atoms with van der Waals surface area (Å²) in [5.74, 6) is 0.715. The van der Waals surface area contributed by atoms with Gasteiger partial charge in [0.2, 0.25) is 0 Å². The fourth-order valence-electron chi connectivity index (χ4n) is 18.9. The van der Waals surface area contributed by atoms with Crippen molar-refractivity contribution in [1.29, 1.82) is 0 Å². The topological polar surface area (TPSA) is 66.3 Å². The molecule has 25 aromatic rings. The summed E-state index contributed by atoms with van der Waals surface area (Å²) < 4.78 is 7.06. The van der Waals surface area contributed by atoms with Crippen molar-refractivity contribution in [3.05, 3.63) is 528 Å². The molecule has 0 unspecified atom stereocenters. The van der Waals surface area contributed by atoms with Crippen molar-refractivity contribution in [3.8, 4) is 163 Å².